The van der Waals surface area contributed by atoms with Crippen molar-refractivity contribution in [3.8, 4) is 0 Å². The number of allylic oxidation sites excluding steroid dienone is 1. The van der Waals surface area contributed by atoms with E-state index in [1.54, 1.807) is 14.0 Å². The normalized spacial score (nSPS) is 13.4. The van der Waals surface area contributed by atoms with Gasteiger partial charge in [-0.25, -0.2) is 0 Å². The molecule has 0 bridgehead atoms. The van der Waals surface area contributed by atoms with E-state index >= 15 is 0 Å². The molecular formula is C10H20O3Si. The first kappa shape index (κ1) is 13.5. The van der Waals surface area contributed by atoms with Crippen LogP contribution in [0, 0.1) is 0 Å². The first-order chi connectivity index (χ1) is 6.57. The lowest BCUT2D eigenvalue weighted by Gasteiger charge is -2.07. The predicted molar refractivity (Wildman–Crippen MR) is 60.3 cm³/mol. The van der Waals surface area contributed by atoms with Crippen LogP contribution in [0.1, 0.15) is 19.8 Å². The highest BCUT2D eigenvalue weighted by Gasteiger charge is 2.05. The van der Waals surface area contributed by atoms with Gasteiger partial charge in [-0.1, -0.05) is 12.6 Å². The Morgan fingerprint density at radius 2 is 2.29 bits per heavy atom. The quantitative estimate of drug-likeness (QED) is 0.364. The molecule has 0 amide bonds. The molecule has 0 aliphatic heterocycles. The van der Waals surface area contributed by atoms with Crippen molar-refractivity contribution in [2.45, 2.75) is 31.5 Å². The summed E-state index contributed by atoms with van der Waals surface area (Å²) < 4.78 is 4.82. The van der Waals surface area contributed by atoms with Crippen LogP contribution in [-0.2, 0) is 9.53 Å². The molecule has 0 aliphatic rings. The molecule has 0 radical (unpaired) electrons. The van der Waals surface area contributed by atoms with Crippen molar-refractivity contribution in [2.75, 3.05) is 13.7 Å². The Balaban J connectivity index is 3.37. The average Bonchev–Trinajstić information content (AvgIpc) is 2.12. The zero-order chi connectivity index (χ0) is 11.0. The number of methoxy groups -OCH3 is 1. The summed E-state index contributed by atoms with van der Waals surface area (Å²) in [6.07, 6.45) is 1.45. The second-order valence-corrected chi connectivity index (χ2v) is 5.79. The summed E-state index contributed by atoms with van der Waals surface area (Å²) >= 11 is 0. The minimum Gasteiger partial charge on any atom is -0.395 e. The van der Waals surface area contributed by atoms with Crippen LogP contribution in [0.4, 0.5) is 0 Å². The van der Waals surface area contributed by atoms with Crippen LogP contribution < -0.4 is 0 Å². The molecule has 0 aromatic heterocycles. The third kappa shape index (κ3) is 7.00. The van der Waals surface area contributed by atoms with Gasteiger partial charge < -0.3 is 9.84 Å². The van der Waals surface area contributed by atoms with Crippen LogP contribution in [0.25, 0.3) is 0 Å². The Bertz CT molecular complexity index is 192. The second kappa shape index (κ2) is 7.91. The van der Waals surface area contributed by atoms with Gasteiger partial charge >= 0.3 is 0 Å². The lowest BCUT2D eigenvalue weighted by atomic mass is 10.1. The van der Waals surface area contributed by atoms with E-state index in [-0.39, 0.29) is 11.5 Å². The van der Waals surface area contributed by atoms with E-state index in [1.807, 2.05) is 0 Å². The third-order valence-electron chi connectivity index (χ3n) is 2.03. The maximum absolute atomic E-state index is 11.1. The molecule has 0 saturated heterocycles. The zero-order valence-electron chi connectivity index (χ0n) is 9.08. The molecule has 4 heteroatoms. The molecule has 0 aliphatic carbocycles. The number of hydrogen-bond donors (Lipinski definition) is 1. The summed E-state index contributed by atoms with van der Waals surface area (Å²) in [4.78, 5) is 11.1. The standard InChI is InChI=1S/C10H20O3Si/c1-8(2)9(11)5-4-6-14-10(12)7-13-3/h10,12H,1,4-7,14H2,2-3H3. The molecule has 3 nitrogen and oxygen atoms in total. The number of carbonyl (C=O) groups is 1. The van der Waals surface area contributed by atoms with E-state index in [9.17, 15) is 9.90 Å². The summed E-state index contributed by atoms with van der Waals surface area (Å²) in [6.45, 7) is 5.76. The van der Waals surface area contributed by atoms with Crippen molar-refractivity contribution < 1.29 is 14.6 Å². The van der Waals surface area contributed by atoms with Crippen LogP contribution in [0.2, 0.25) is 6.04 Å². The number of aliphatic hydroxyl groups is 1. The number of hydrogen-bond acceptors (Lipinski definition) is 3. The van der Waals surface area contributed by atoms with Gasteiger partial charge in [-0.05, 0) is 18.9 Å². The maximum atomic E-state index is 11.1. The first-order valence-corrected chi connectivity index (χ1v) is 6.75. The highest BCUT2D eigenvalue weighted by Crippen LogP contribution is 2.03. The van der Waals surface area contributed by atoms with E-state index in [2.05, 4.69) is 6.58 Å². The van der Waals surface area contributed by atoms with Crippen molar-refractivity contribution in [2.24, 2.45) is 0 Å². The fourth-order valence-electron chi connectivity index (χ4n) is 1.15. The predicted octanol–water partition coefficient (Wildman–Crippen LogP) is 0.464. The molecular weight excluding hydrogens is 196 g/mol. The van der Waals surface area contributed by atoms with Gasteiger partial charge in [0.05, 0.1) is 21.9 Å². The minimum atomic E-state index is -0.494. The first-order valence-electron chi connectivity index (χ1n) is 4.93. The molecule has 1 atom stereocenters. The van der Waals surface area contributed by atoms with Crippen LogP contribution >= 0.6 is 0 Å². The molecule has 14 heavy (non-hydrogen) atoms. The van der Waals surface area contributed by atoms with Crippen molar-refractivity contribution in [3.63, 3.8) is 0 Å². The number of aliphatic hydroxyl groups excluding tert-OH is 1. The van der Waals surface area contributed by atoms with E-state index in [0.717, 1.165) is 12.5 Å². The topological polar surface area (TPSA) is 46.5 Å². The van der Waals surface area contributed by atoms with E-state index in [1.165, 1.54) is 0 Å². The van der Waals surface area contributed by atoms with Crippen LogP contribution in [0.5, 0.6) is 0 Å². The van der Waals surface area contributed by atoms with E-state index in [4.69, 9.17) is 4.74 Å². The molecule has 0 fully saturated rings. The summed E-state index contributed by atoms with van der Waals surface area (Å²) in [6, 6.07) is 0.990. The minimum absolute atomic E-state index is 0.139. The van der Waals surface area contributed by atoms with E-state index < -0.39 is 9.52 Å². The molecule has 1 N–H and O–H groups in total. The lowest BCUT2D eigenvalue weighted by molar-refractivity contribution is -0.115. The highest BCUT2D eigenvalue weighted by molar-refractivity contribution is 6.37. The number of ether oxygens (including phenoxy) is 1. The second-order valence-electron chi connectivity index (χ2n) is 3.56. The third-order valence-corrected chi connectivity index (χ3v) is 3.84. The highest BCUT2D eigenvalue weighted by atomic mass is 28.2. The van der Waals surface area contributed by atoms with Crippen molar-refractivity contribution in [1.29, 1.82) is 0 Å². The Morgan fingerprint density at radius 1 is 1.64 bits per heavy atom. The van der Waals surface area contributed by atoms with Gasteiger partial charge in [0.15, 0.2) is 5.78 Å². The number of rotatable bonds is 8. The average molecular weight is 216 g/mol. The van der Waals surface area contributed by atoms with Gasteiger partial charge in [0, 0.05) is 13.5 Å². The summed E-state index contributed by atoms with van der Waals surface area (Å²) in [5.74, 6) is 0.139. The van der Waals surface area contributed by atoms with Gasteiger partial charge in [0.25, 0.3) is 0 Å². The molecule has 0 heterocycles. The fourth-order valence-corrected chi connectivity index (χ4v) is 2.57. The molecule has 0 rings (SSSR count). The SMILES string of the molecule is C=C(C)C(=O)CCC[SiH2]C(O)COC. The summed E-state index contributed by atoms with van der Waals surface area (Å²) in [7, 11) is 1.09. The van der Waals surface area contributed by atoms with Gasteiger partial charge in [0.2, 0.25) is 0 Å². The molecule has 0 spiro atoms. The monoisotopic (exact) mass is 216 g/mol. The van der Waals surface area contributed by atoms with Crippen molar-refractivity contribution in [1.82, 2.24) is 0 Å². The van der Waals surface area contributed by atoms with Gasteiger partial charge in [-0.2, -0.15) is 0 Å². The van der Waals surface area contributed by atoms with Crippen LogP contribution in [-0.4, -0.2) is 39.9 Å². The van der Waals surface area contributed by atoms with Crippen LogP contribution in [0.3, 0.4) is 0 Å². The largest absolute Gasteiger partial charge is 0.395 e. The lowest BCUT2D eigenvalue weighted by Crippen LogP contribution is -2.21. The zero-order valence-corrected chi connectivity index (χ0v) is 10.5. The molecule has 0 aromatic rings. The Kier molecular flexibility index (Phi) is 7.65. The molecule has 0 saturated carbocycles. The fraction of sp³-hybridized carbons (Fsp3) is 0.700. The molecule has 1 unspecified atom stereocenters. The Labute approximate surface area is 88.0 Å². The van der Waals surface area contributed by atoms with Crippen molar-refractivity contribution in [3.05, 3.63) is 12.2 Å². The number of Topliss-reactive ketones (excluding diaryl/α,β-unsaturated/α-hetero) is 1. The van der Waals surface area contributed by atoms with Gasteiger partial charge in [0.1, 0.15) is 0 Å². The molecule has 82 valence electrons. The summed E-state index contributed by atoms with van der Waals surface area (Å²) in [5.41, 5.74) is 0.365. The Morgan fingerprint density at radius 3 is 2.79 bits per heavy atom. The van der Waals surface area contributed by atoms with Crippen molar-refractivity contribution >= 4 is 15.3 Å². The van der Waals surface area contributed by atoms with Gasteiger partial charge in [-0.15, -0.1) is 0 Å². The summed E-state index contributed by atoms with van der Waals surface area (Å²) in [5, 5.41) is 9.36. The number of ketones is 1. The van der Waals surface area contributed by atoms with E-state index in [0.29, 0.717) is 18.6 Å². The smallest absolute Gasteiger partial charge is 0.157 e. The van der Waals surface area contributed by atoms with Gasteiger partial charge in [-0.3, -0.25) is 4.79 Å². The van der Waals surface area contributed by atoms with Crippen LogP contribution in [0.15, 0.2) is 12.2 Å². The number of carbonyl (C=O) groups excluding carboxylic acids is 1. The maximum Gasteiger partial charge on any atom is 0.157 e. The molecule has 0 aromatic carbocycles. The Hall–Kier alpha value is -0.453.